The number of benzene rings is 1. The van der Waals surface area contributed by atoms with E-state index in [9.17, 15) is 5.11 Å². The lowest BCUT2D eigenvalue weighted by Crippen LogP contribution is -2.22. The Hall–Kier alpha value is -0.670. The second-order valence-corrected chi connectivity index (χ2v) is 5.51. The fraction of sp³-hybridized carbons (Fsp3) is 0.600. The van der Waals surface area contributed by atoms with Crippen LogP contribution in [-0.4, -0.2) is 23.7 Å². The first-order valence-corrected chi connectivity index (χ1v) is 8.19. The highest BCUT2D eigenvalue weighted by atomic mass is 32.2. The summed E-state index contributed by atoms with van der Waals surface area (Å²) < 4.78 is 0. The van der Waals surface area contributed by atoms with Gasteiger partial charge in [0.05, 0.1) is 0 Å². The highest BCUT2D eigenvalue weighted by Gasteiger charge is 2.11. The molecule has 18 heavy (non-hydrogen) atoms. The van der Waals surface area contributed by atoms with Crippen LogP contribution >= 0.6 is 11.8 Å². The molecular weight excluding hydrogens is 242 g/mol. The van der Waals surface area contributed by atoms with Gasteiger partial charge in [0.15, 0.2) is 0 Å². The summed E-state index contributed by atoms with van der Waals surface area (Å²) in [6, 6.07) is 7.89. The van der Waals surface area contributed by atoms with Gasteiger partial charge in [-0.1, -0.05) is 31.5 Å². The van der Waals surface area contributed by atoms with E-state index < -0.39 is 0 Å². The lowest BCUT2D eigenvalue weighted by molar-refractivity contribution is 0.438. The zero-order chi connectivity index (χ0) is 13.2. The molecule has 0 aliphatic carbocycles. The molecule has 0 bridgehead atoms. The van der Waals surface area contributed by atoms with E-state index in [2.05, 4.69) is 18.5 Å². The highest BCUT2D eigenvalue weighted by Crippen LogP contribution is 2.25. The number of para-hydroxylation sites is 1. The van der Waals surface area contributed by atoms with Crippen molar-refractivity contribution in [2.45, 2.75) is 38.6 Å². The molecule has 0 fully saturated rings. The number of aromatic hydroxyl groups is 1. The second kappa shape index (κ2) is 9.29. The van der Waals surface area contributed by atoms with Gasteiger partial charge in [0, 0.05) is 11.6 Å². The number of nitrogens with one attached hydrogen (secondary N) is 1. The molecule has 0 saturated heterocycles. The normalized spacial score (nSPS) is 12.6. The number of unbranched alkanes of at least 4 members (excludes halogenated alkanes) is 2. The van der Waals surface area contributed by atoms with Crippen LogP contribution in [0.15, 0.2) is 24.3 Å². The molecule has 0 spiro atoms. The topological polar surface area (TPSA) is 32.3 Å². The monoisotopic (exact) mass is 267 g/mol. The standard InChI is InChI=1S/C15H25NOS/c1-3-14(13-9-5-6-10-15(13)17)16-11-7-4-8-12-18-2/h5-6,9-10,14,16-17H,3-4,7-8,11-12H2,1-2H3. The molecule has 1 aromatic rings. The van der Waals surface area contributed by atoms with Gasteiger partial charge in [-0.05, 0) is 43.9 Å². The average molecular weight is 267 g/mol. The van der Waals surface area contributed by atoms with Crippen molar-refractivity contribution in [1.29, 1.82) is 0 Å². The van der Waals surface area contributed by atoms with Crippen LogP contribution in [0.1, 0.15) is 44.2 Å². The number of thioether (sulfide) groups is 1. The van der Waals surface area contributed by atoms with Gasteiger partial charge >= 0.3 is 0 Å². The molecule has 0 radical (unpaired) electrons. The fourth-order valence-electron chi connectivity index (χ4n) is 2.08. The van der Waals surface area contributed by atoms with E-state index in [1.54, 1.807) is 6.07 Å². The molecule has 2 nitrogen and oxygen atoms in total. The van der Waals surface area contributed by atoms with Crippen LogP contribution in [0.2, 0.25) is 0 Å². The summed E-state index contributed by atoms with van der Waals surface area (Å²) in [5, 5.41) is 13.4. The lowest BCUT2D eigenvalue weighted by Gasteiger charge is -2.18. The van der Waals surface area contributed by atoms with Crippen molar-refractivity contribution < 1.29 is 5.11 Å². The molecule has 1 rings (SSSR count). The largest absolute Gasteiger partial charge is 0.508 e. The lowest BCUT2D eigenvalue weighted by atomic mass is 10.0. The van der Waals surface area contributed by atoms with Gasteiger partial charge in [0.1, 0.15) is 5.75 Å². The molecule has 2 N–H and O–H groups in total. The Balaban J connectivity index is 2.32. The maximum Gasteiger partial charge on any atom is 0.120 e. The van der Waals surface area contributed by atoms with E-state index in [4.69, 9.17) is 0 Å². The van der Waals surface area contributed by atoms with Gasteiger partial charge in [-0.2, -0.15) is 11.8 Å². The van der Waals surface area contributed by atoms with Crippen LogP contribution in [-0.2, 0) is 0 Å². The molecule has 0 aromatic heterocycles. The van der Waals surface area contributed by atoms with Crippen molar-refractivity contribution in [1.82, 2.24) is 5.32 Å². The molecule has 0 heterocycles. The molecule has 0 aliphatic heterocycles. The molecule has 102 valence electrons. The number of rotatable bonds is 9. The molecule has 1 aromatic carbocycles. The van der Waals surface area contributed by atoms with Crippen molar-refractivity contribution in [3.8, 4) is 5.75 Å². The first-order valence-electron chi connectivity index (χ1n) is 6.79. The van der Waals surface area contributed by atoms with Crippen LogP contribution in [0.5, 0.6) is 5.75 Å². The van der Waals surface area contributed by atoms with Crippen molar-refractivity contribution in [3.05, 3.63) is 29.8 Å². The van der Waals surface area contributed by atoms with Gasteiger partial charge in [-0.3, -0.25) is 0 Å². The quantitative estimate of drug-likeness (QED) is 0.664. The average Bonchev–Trinajstić information content (AvgIpc) is 2.39. The van der Waals surface area contributed by atoms with E-state index in [1.165, 1.54) is 25.0 Å². The summed E-state index contributed by atoms with van der Waals surface area (Å²) >= 11 is 1.92. The molecule has 3 heteroatoms. The first kappa shape index (κ1) is 15.4. The summed E-state index contributed by atoms with van der Waals surface area (Å²) in [6.45, 7) is 3.18. The predicted octanol–water partition coefficient (Wildman–Crippen LogP) is 3.97. The van der Waals surface area contributed by atoms with Gasteiger partial charge in [0.2, 0.25) is 0 Å². The number of phenols is 1. The van der Waals surface area contributed by atoms with E-state index >= 15 is 0 Å². The number of phenolic OH excluding ortho intramolecular Hbond substituents is 1. The first-order chi connectivity index (χ1) is 8.79. The van der Waals surface area contributed by atoms with Gasteiger partial charge < -0.3 is 10.4 Å². The Morgan fingerprint density at radius 1 is 1.22 bits per heavy atom. The van der Waals surface area contributed by atoms with Crippen molar-refractivity contribution in [2.24, 2.45) is 0 Å². The number of hydrogen-bond donors (Lipinski definition) is 2. The molecule has 0 aliphatic rings. The zero-order valence-corrected chi connectivity index (χ0v) is 12.3. The third-order valence-electron chi connectivity index (χ3n) is 3.14. The zero-order valence-electron chi connectivity index (χ0n) is 11.5. The fourth-order valence-corrected chi connectivity index (χ4v) is 2.57. The van der Waals surface area contributed by atoms with E-state index in [1.807, 2.05) is 30.0 Å². The molecular formula is C15H25NOS. The third kappa shape index (κ3) is 5.32. The van der Waals surface area contributed by atoms with Gasteiger partial charge in [-0.15, -0.1) is 0 Å². The Morgan fingerprint density at radius 3 is 2.67 bits per heavy atom. The maximum atomic E-state index is 9.84. The number of hydrogen-bond acceptors (Lipinski definition) is 3. The second-order valence-electron chi connectivity index (χ2n) is 4.53. The minimum atomic E-state index is 0.270. The molecule has 1 atom stereocenters. The highest BCUT2D eigenvalue weighted by molar-refractivity contribution is 7.98. The summed E-state index contributed by atoms with van der Waals surface area (Å²) in [5.41, 5.74) is 1.02. The minimum Gasteiger partial charge on any atom is -0.508 e. The van der Waals surface area contributed by atoms with Crippen molar-refractivity contribution in [2.75, 3.05) is 18.6 Å². The van der Waals surface area contributed by atoms with E-state index in [0.29, 0.717) is 5.75 Å². The van der Waals surface area contributed by atoms with Crippen molar-refractivity contribution >= 4 is 11.8 Å². The molecule has 1 unspecified atom stereocenters. The van der Waals surface area contributed by atoms with Crippen LogP contribution in [0.3, 0.4) is 0 Å². The predicted molar refractivity (Wildman–Crippen MR) is 81.4 cm³/mol. The Labute approximate surface area is 115 Å². The summed E-state index contributed by atoms with van der Waals surface area (Å²) in [5.74, 6) is 1.66. The van der Waals surface area contributed by atoms with Crippen LogP contribution in [0.25, 0.3) is 0 Å². The summed E-state index contributed by atoms with van der Waals surface area (Å²) in [4.78, 5) is 0. The Bertz CT molecular complexity index is 330. The van der Waals surface area contributed by atoms with E-state index in [-0.39, 0.29) is 6.04 Å². The van der Waals surface area contributed by atoms with Gasteiger partial charge in [-0.25, -0.2) is 0 Å². The van der Waals surface area contributed by atoms with Crippen LogP contribution in [0, 0.1) is 0 Å². The van der Waals surface area contributed by atoms with E-state index in [0.717, 1.165) is 18.5 Å². The third-order valence-corrected chi connectivity index (χ3v) is 3.83. The SMILES string of the molecule is CCC(NCCCCCSC)c1ccccc1O. The molecule has 0 amide bonds. The van der Waals surface area contributed by atoms with Crippen molar-refractivity contribution in [3.63, 3.8) is 0 Å². The minimum absolute atomic E-state index is 0.270. The smallest absolute Gasteiger partial charge is 0.120 e. The summed E-state index contributed by atoms with van der Waals surface area (Å²) in [6.07, 6.45) is 6.96. The van der Waals surface area contributed by atoms with Gasteiger partial charge in [0.25, 0.3) is 0 Å². The summed E-state index contributed by atoms with van der Waals surface area (Å²) in [7, 11) is 0. The maximum absolute atomic E-state index is 9.84. The van der Waals surface area contributed by atoms with Crippen LogP contribution < -0.4 is 5.32 Å². The Kier molecular flexibility index (Phi) is 7.94. The Morgan fingerprint density at radius 2 is 2.00 bits per heavy atom. The van der Waals surface area contributed by atoms with Crippen LogP contribution in [0.4, 0.5) is 0 Å². The molecule has 0 saturated carbocycles.